The maximum absolute atomic E-state index is 16.9. The number of aryl methyl sites for hydroxylation is 4. The third kappa shape index (κ3) is 6.83. The van der Waals surface area contributed by atoms with Gasteiger partial charge < -0.3 is 9.80 Å². The Balaban J connectivity index is 1.21. The maximum atomic E-state index is 16.9. The first-order valence-electron chi connectivity index (χ1n) is 21.4. The summed E-state index contributed by atoms with van der Waals surface area (Å²) < 4.78 is 67.0. The van der Waals surface area contributed by atoms with Gasteiger partial charge in [-0.2, -0.15) is 10.5 Å². The van der Waals surface area contributed by atoms with Crippen molar-refractivity contribution in [1.82, 2.24) is 0 Å². The highest BCUT2D eigenvalue weighted by Crippen LogP contribution is 2.49. The second-order valence-corrected chi connectivity index (χ2v) is 16.7. The summed E-state index contributed by atoms with van der Waals surface area (Å²) in [5, 5.41) is 24.1. The molecule has 10 aromatic rings. The Bertz CT molecular complexity index is 3380. The van der Waals surface area contributed by atoms with Crippen LogP contribution in [0, 0.1) is 73.6 Å². The molecule has 0 atom stereocenters. The van der Waals surface area contributed by atoms with Crippen molar-refractivity contribution < 1.29 is 17.6 Å². The lowest BCUT2D eigenvalue weighted by molar-refractivity contribution is 0.604. The zero-order valence-corrected chi connectivity index (χ0v) is 36.3. The van der Waals surface area contributed by atoms with Gasteiger partial charge in [-0.25, -0.2) is 17.6 Å². The highest BCUT2D eigenvalue weighted by molar-refractivity contribution is 6.28. The van der Waals surface area contributed by atoms with Crippen LogP contribution in [-0.2, 0) is 0 Å². The summed E-state index contributed by atoms with van der Waals surface area (Å²) >= 11 is 0. The molecule has 0 heterocycles. The van der Waals surface area contributed by atoms with Gasteiger partial charge in [-0.05, 0) is 155 Å². The quantitative estimate of drug-likeness (QED) is 0.113. The molecular formula is C58H38F4N4. The lowest BCUT2D eigenvalue weighted by atomic mass is 9.91. The number of nitriles is 2. The molecule has 4 nitrogen and oxygen atoms in total. The van der Waals surface area contributed by atoms with E-state index in [1.807, 2.05) is 113 Å². The molecule has 10 aromatic carbocycles. The van der Waals surface area contributed by atoms with Crippen molar-refractivity contribution >= 4 is 66.4 Å². The lowest BCUT2D eigenvalue weighted by Gasteiger charge is -2.30. The number of halogens is 4. The molecule has 0 aliphatic carbocycles. The summed E-state index contributed by atoms with van der Waals surface area (Å²) in [5.41, 5.74) is 7.64. The van der Waals surface area contributed by atoms with Crippen molar-refractivity contribution in [2.24, 2.45) is 0 Å². The first-order chi connectivity index (χ1) is 31.9. The van der Waals surface area contributed by atoms with Crippen LogP contribution in [0.5, 0.6) is 0 Å². The summed E-state index contributed by atoms with van der Waals surface area (Å²) in [6.07, 6.45) is 0. The van der Waals surface area contributed by atoms with Gasteiger partial charge in [0.1, 0.15) is 23.3 Å². The molecule has 0 radical (unpaired) electrons. The van der Waals surface area contributed by atoms with Crippen molar-refractivity contribution in [2.75, 3.05) is 9.80 Å². The van der Waals surface area contributed by atoms with E-state index >= 15 is 17.6 Å². The molecule has 0 fully saturated rings. The zero-order chi connectivity index (χ0) is 46.0. The van der Waals surface area contributed by atoms with E-state index in [9.17, 15) is 10.5 Å². The number of hydrogen-bond acceptors (Lipinski definition) is 4. The fraction of sp³-hybridized carbons (Fsp3) is 0.0690. The average Bonchev–Trinajstić information content (AvgIpc) is 3.32. The number of anilines is 6. The molecule has 0 amide bonds. The molecule has 0 aliphatic rings. The molecule has 66 heavy (non-hydrogen) atoms. The Hall–Kier alpha value is -8.46. The Morgan fingerprint density at radius 2 is 0.727 bits per heavy atom. The molecule has 8 heteroatoms. The van der Waals surface area contributed by atoms with Crippen LogP contribution >= 0.6 is 0 Å². The number of nitrogens with zero attached hydrogens (tertiary/aromatic N) is 4. The Labute approximate surface area is 379 Å². The van der Waals surface area contributed by atoms with Crippen molar-refractivity contribution in [3.63, 3.8) is 0 Å². The number of benzene rings is 10. The van der Waals surface area contributed by atoms with Crippen LogP contribution in [0.25, 0.3) is 54.6 Å². The molecule has 0 unspecified atom stereocenters. The molecule has 0 saturated heterocycles. The summed E-state index contributed by atoms with van der Waals surface area (Å²) in [6, 6.07) is 49.3. The van der Waals surface area contributed by atoms with Gasteiger partial charge in [0, 0.05) is 45.4 Å². The van der Waals surface area contributed by atoms with Gasteiger partial charge in [0.05, 0.1) is 46.0 Å². The summed E-state index contributed by atoms with van der Waals surface area (Å²) in [6.45, 7) is 7.48. The third-order valence-electron chi connectivity index (χ3n) is 12.7. The minimum atomic E-state index is -0.651. The molecule has 0 saturated carbocycles. The molecule has 0 bridgehead atoms. The molecule has 0 aromatic heterocycles. The maximum Gasteiger partial charge on any atom is 0.148 e. The summed E-state index contributed by atoms with van der Waals surface area (Å²) in [4.78, 5) is 3.33. The first kappa shape index (κ1) is 41.5. The standard InChI is InChI=1S/C58H38F4N4/c1-33-7-5-8-34(2)55(33)45-27-49(61)53(29-47(45)59)65(41-19-11-37(31-63)12-20-41)51-25-17-39-16-24-44-52(26-18-40-15-23-43(51)57(39)58(40)44)66(42-21-13-38(32-64)14-22-42)54-30-48(60)46(28-50(54)62)56-35(3)9-6-10-36(56)4/h5-30H,1-4H3. The predicted octanol–water partition coefficient (Wildman–Crippen LogP) is 16.4. The van der Waals surface area contributed by atoms with Crippen molar-refractivity contribution in [1.29, 1.82) is 10.5 Å². The fourth-order valence-electron chi connectivity index (χ4n) is 9.62. The van der Waals surface area contributed by atoms with Crippen LogP contribution in [-0.4, -0.2) is 0 Å². The van der Waals surface area contributed by atoms with E-state index in [4.69, 9.17) is 0 Å². The molecular weight excluding hydrogens is 829 g/mol. The Morgan fingerprint density at radius 3 is 1.08 bits per heavy atom. The van der Waals surface area contributed by atoms with E-state index in [0.29, 0.717) is 55.8 Å². The van der Waals surface area contributed by atoms with Crippen LogP contribution < -0.4 is 9.80 Å². The average molecular weight is 867 g/mol. The number of rotatable bonds is 8. The first-order valence-corrected chi connectivity index (χ1v) is 21.4. The molecule has 318 valence electrons. The highest BCUT2D eigenvalue weighted by atomic mass is 19.1. The van der Waals surface area contributed by atoms with Gasteiger partial charge in [-0.3, -0.25) is 0 Å². The summed E-state index contributed by atoms with van der Waals surface area (Å²) in [7, 11) is 0. The van der Waals surface area contributed by atoms with E-state index in [2.05, 4.69) is 12.1 Å². The van der Waals surface area contributed by atoms with Gasteiger partial charge in [-0.1, -0.05) is 72.8 Å². The van der Waals surface area contributed by atoms with Gasteiger partial charge in [0.25, 0.3) is 0 Å². The van der Waals surface area contributed by atoms with E-state index in [1.165, 1.54) is 24.3 Å². The van der Waals surface area contributed by atoms with Gasteiger partial charge in [-0.15, -0.1) is 0 Å². The Kier molecular flexibility index (Phi) is 10.2. The van der Waals surface area contributed by atoms with E-state index in [-0.39, 0.29) is 22.5 Å². The SMILES string of the molecule is Cc1cccc(C)c1-c1cc(F)c(N(c2ccc(C#N)cc2)c2ccc3ccc4c(N(c5ccc(C#N)cc5)c5cc(F)c(-c6c(C)cccc6C)cc5F)ccc5ccc2c3c54)cc1F. The van der Waals surface area contributed by atoms with Gasteiger partial charge >= 0.3 is 0 Å². The lowest BCUT2D eigenvalue weighted by Crippen LogP contribution is -2.14. The van der Waals surface area contributed by atoms with Crippen LogP contribution in [0.15, 0.2) is 158 Å². The second-order valence-electron chi connectivity index (χ2n) is 16.7. The van der Waals surface area contributed by atoms with E-state index in [1.54, 1.807) is 58.3 Å². The van der Waals surface area contributed by atoms with Crippen molar-refractivity contribution in [2.45, 2.75) is 27.7 Å². The second kappa shape index (κ2) is 16.3. The Morgan fingerprint density at radius 1 is 0.379 bits per heavy atom. The zero-order valence-electron chi connectivity index (χ0n) is 36.3. The van der Waals surface area contributed by atoms with Crippen LogP contribution in [0.2, 0.25) is 0 Å². The van der Waals surface area contributed by atoms with Crippen LogP contribution in [0.3, 0.4) is 0 Å². The largest absolute Gasteiger partial charge is 0.307 e. The van der Waals surface area contributed by atoms with E-state index in [0.717, 1.165) is 43.8 Å². The van der Waals surface area contributed by atoms with Gasteiger partial charge in [0.15, 0.2) is 0 Å². The smallest absolute Gasteiger partial charge is 0.148 e. The van der Waals surface area contributed by atoms with Gasteiger partial charge in [0.2, 0.25) is 0 Å². The molecule has 0 aliphatic heterocycles. The molecule has 10 rings (SSSR count). The highest BCUT2D eigenvalue weighted by Gasteiger charge is 2.27. The number of hydrogen-bond donors (Lipinski definition) is 0. The fourth-order valence-corrected chi connectivity index (χ4v) is 9.62. The molecule has 0 N–H and O–H groups in total. The minimum absolute atomic E-state index is 0.0308. The van der Waals surface area contributed by atoms with Crippen LogP contribution in [0.1, 0.15) is 33.4 Å². The summed E-state index contributed by atoms with van der Waals surface area (Å²) in [5.74, 6) is -2.50. The van der Waals surface area contributed by atoms with Crippen LogP contribution in [0.4, 0.5) is 51.7 Å². The molecule has 0 spiro atoms. The normalized spacial score (nSPS) is 11.3. The minimum Gasteiger partial charge on any atom is -0.307 e. The van der Waals surface area contributed by atoms with Crippen molar-refractivity contribution in [3.8, 4) is 34.4 Å². The van der Waals surface area contributed by atoms with Crippen molar-refractivity contribution in [3.05, 3.63) is 214 Å². The topological polar surface area (TPSA) is 54.1 Å². The predicted molar refractivity (Wildman–Crippen MR) is 259 cm³/mol. The third-order valence-corrected chi connectivity index (χ3v) is 12.7. The van der Waals surface area contributed by atoms with E-state index < -0.39 is 23.3 Å². The monoisotopic (exact) mass is 866 g/mol.